The molecule has 3 aliphatic heterocycles. The highest BCUT2D eigenvalue weighted by atomic mass is 19.4. The first-order valence-electron chi connectivity index (χ1n) is 11.4. The minimum Gasteiger partial charge on any atom is -0.475 e. The number of aliphatic carboxylic acids is 2. The van der Waals surface area contributed by atoms with Gasteiger partial charge < -0.3 is 24.6 Å². The Balaban J connectivity index is 0.000000301. The maximum Gasteiger partial charge on any atom is 0.490 e. The summed E-state index contributed by atoms with van der Waals surface area (Å²) in [6.07, 6.45) is -3.67. The number of alkyl halides is 6. The normalized spacial score (nSPS) is 23.7. The van der Waals surface area contributed by atoms with Crippen molar-refractivity contribution in [3.8, 4) is 0 Å². The number of hydrogen-bond donors (Lipinski definition) is 2. The van der Waals surface area contributed by atoms with E-state index < -0.39 is 24.3 Å². The van der Waals surface area contributed by atoms with Crippen LogP contribution in [0, 0.1) is 0 Å². The van der Waals surface area contributed by atoms with E-state index in [1.165, 1.54) is 5.56 Å². The standard InChI is InChI=1S/C18H25N3O3.2C2HF3O2/c22-18(20-9-11-23-12-10-20)17-2-1-15-16(24-17)5-8-21(15)13-14-3-6-19-7-4-14;2*3-2(4,5)1(6)7/h3-4,6-7,15-17H,1-2,5,8-13H2;2*(H,6,7)/t15-,16-,17-;;/m1../s1. The van der Waals surface area contributed by atoms with Crippen LogP contribution in [-0.4, -0.2) is 106 Å². The molecule has 2 N–H and O–H groups in total. The summed E-state index contributed by atoms with van der Waals surface area (Å²) < 4.78 is 75.0. The van der Waals surface area contributed by atoms with E-state index in [2.05, 4.69) is 22.0 Å². The summed E-state index contributed by atoms with van der Waals surface area (Å²) in [7, 11) is 0. The van der Waals surface area contributed by atoms with Crippen molar-refractivity contribution >= 4 is 17.8 Å². The average molecular weight is 559 g/mol. The smallest absolute Gasteiger partial charge is 0.475 e. The Morgan fingerprint density at radius 1 is 0.895 bits per heavy atom. The van der Waals surface area contributed by atoms with Crippen LogP contribution in [0.5, 0.6) is 0 Å². The molecule has 4 rings (SSSR count). The van der Waals surface area contributed by atoms with Crippen LogP contribution >= 0.6 is 0 Å². The number of hydrogen-bond acceptors (Lipinski definition) is 7. The molecule has 0 bridgehead atoms. The van der Waals surface area contributed by atoms with Gasteiger partial charge in [0.1, 0.15) is 6.10 Å². The zero-order valence-electron chi connectivity index (χ0n) is 20.0. The summed E-state index contributed by atoms with van der Waals surface area (Å²) in [4.78, 5) is 38.9. The van der Waals surface area contributed by atoms with Gasteiger partial charge in [-0.2, -0.15) is 26.3 Å². The number of carbonyl (C=O) groups excluding carboxylic acids is 1. The van der Waals surface area contributed by atoms with Crippen molar-refractivity contribution in [3.05, 3.63) is 30.1 Å². The first kappa shape index (κ1) is 31.2. The summed E-state index contributed by atoms with van der Waals surface area (Å²) in [6, 6.07) is 4.58. The molecule has 214 valence electrons. The molecular weight excluding hydrogens is 532 g/mol. The molecule has 1 aromatic heterocycles. The fourth-order valence-electron chi connectivity index (χ4n) is 4.10. The van der Waals surface area contributed by atoms with E-state index >= 15 is 0 Å². The molecule has 0 aromatic carbocycles. The highest BCUT2D eigenvalue weighted by Gasteiger charge is 2.42. The Morgan fingerprint density at radius 2 is 1.42 bits per heavy atom. The second-order valence-corrected chi connectivity index (χ2v) is 8.47. The number of ether oxygens (including phenoxy) is 2. The minimum atomic E-state index is -5.08. The number of carbonyl (C=O) groups is 3. The molecule has 4 heterocycles. The lowest BCUT2D eigenvalue weighted by Gasteiger charge is -2.38. The molecule has 0 spiro atoms. The summed E-state index contributed by atoms with van der Waals surface area (Å²) in [5.74, 6) is -5.36. The van der Waals surface area contributed by atoms with Crippen molar-refractivity contribution in [2.24, 2.45) is 0 Å². The largest absolute Gasteiger partial charge is 0.490 e. The maximum atomic E-state index is 12.6. The summed E-state index contributed by atoms with van der Waals surface area (Å²) in [5.41, 5.74) is 1.29. The molecular formula is C22H27F6N3O7. The van der Waals surface area contributed by atoms with Gasteiger partial charge in [-0.05, 0) is 37.0 Å². The minimum absolute atomic E-state index is 0.157. The fourth-order valence-corrected chi connectivity index (χ4v) is 4.10. The van der Waals surface area contributed by atoms with Crippen molar-refractivity contribution in [3.63, 3.8) is 0 Å². The van der Waals surface area contributed by atoms with Gasteiger partial charge in [0.05, 0.1) is 19.3 Å². The van der Waals surface area contributed by atoms with E-state index in [0.29, 0.717) is 32.3 Å². The van der Waals surface area contributed by atoms with Gasteiger partial charge in [-0.1, -0.05) is 0 Å². The van der Waals surface area contributed by atoms with Gasteiger partial charge in [0.15, 0.2) is 0 Å². The molecule has 1 aromatic rings. The lowest BCUT2D eigenvalue weighted by atomic mass is 9.98. The number of morpholine rings is 1. The maximum absolute atomic E-state index is 12.6. The quantitative estimate of drug-likeness (QED) is 0.536. The molecule has 3 atom stereocenters. The topological polar surface area (TPSA) is 129 Å². The van der Waals surface area contributed by atoms with Gasteiger partial charge in [-0.15, -0.1) is 0 Å². The number of aromatic nitrogens is 1. The summed E-state index contributed by atoms with van der Waals surface area (Å²) in [6.45, 7) is 4.65. The molecule has 3 saturated heterocycles. The third kappa shape index (κ3) is 9.72. The van der Waals surface area contributed by atoms with E-state index in [1.807, 2.05) is 17.3 Å². The molecule has 0 unspecified atom stereocenters. The van der Waals surface area contributed by atoms with Gasteiger partial charge in [0, 0.05) is 44.6 Å². The number of pyridine rings is 1. The monoisotopic (exact) mass is 559 g/mol. The average Bonchev–Trinajstić information content (AvgIpc) is 3.26. The second kappa shape index (κ2) is 13.7. The van der Waals surface area contributed by atoms with E-state index in [9.17, 15) is 31.1 Å². The van der Waals surface area contributed by atoms with Crippen LogP contribution in [0.2, 0.25) is 0 Å². The van der Waals surface area contributed by atoms with Crippen molar-refractivity contribution in [2.75, 3.05) is 32.8 Å². The predicted molar refractivity (Wildman–Crippen MR) is 116 cm³/mol. The molecule has 10 nitrogen and oxygen atoms in total. The van der Waals surface area contributed by atoms with E-state index in [4.69, 9.17) is 29.3 Å². The fraction of sp³-hybridized carbons (Fsp3) is 0.636. The van der Waals surface area contributed by atoms with E-state index in [1.54, 1.807) is 0 Å². The number of likely N-dealkylation sites (tertiary alicyclic amines) is 1. The Kier molecular flexibility index (Phi) is 11.3. The van der Waals surface area contributed by atoms with Gasteiger partial charge in [-0.25, -0.2) is 9.59 Å². The Bertz CT molecular complexity index is 902. The third-order valence-corrected chi connectivity index (χ3v) is 5.88. The predicted octanol–water partition coefficient (Wildman–Crippen LogP) is 2.33. The molecule has 0 aliphatic carbocycles. The van der Waals surface area contributed by atoms with Crippen LogP contribution < -0.4 is 0 Å². The van der Waals surface area contributed by atoms with Crippen LogP contribution in [0.3, 0.4) is 0 Å². The van der Waals surface area contributed by atoms with Crippen LogP contribution in [0.25, 0.3) is 0 Å². The number of amides is 1. The van der Waals surface area contributed by atoms with Crippen molar-refractivity contribution in [2.45, 2.75) is 56.4 Å². The molecule has 1 amide bonds. The highest BCUT2D eigenvalue weighted by molar-refractivity contribution is 5.81. The summed E-state index contributed by atoms with van der Waals surface area (Å²) >= 11 is 0. The van der Waals surface area contributed by atoms with Crippen LogP contribution in [-0.2, 0) is 30.4 Å². The number of carboxylic acid groups (broad SMARTS) is 2. The Labute approximate surface area is 213 Å². The van der Waals surface area contributed by atoms with Gasteiger partial charge >= 0.3 is 24.3 Å². The molecule has 3 aliphatic rings. The zero-order valence-corrected chi connectivity index (χ0v) is 20.0. The summed E-state index contributed by atoms with van der Waals surface area (Å²) in [5, 5.41) is 14.2. The highest BCUT2D eigenvalue weighted by Crippen LogP contribution is 2.33. The third-order valence-electron chi connectivity index (χ3n) is 5.88. The number of halogens is 6. The van der Waals surface area contributed by atoms with Gasteiger partial charge in [0.2, 0.25) is 0 Å². The number of rotatable bonds is 3. The number of fused-ring (bicyclic) bond motifs is 1. The van der Waals surface area contributed by atoms with Crippen molar-refractivity contribution in [1.82, 2.24) is 14.8 Å². The van der Waals surface area contributed by atoms with Crippen LogP contribution in [0.4, 0.5) is 26.3 Å². The first-order valence-corrected chi connectivity index (χ1v) is 11.4. The van der Waals surface area contributed by atoms with Crippen LogP contribution in [0.1, 0.15) is 24.8 Å². The Hall–Kier alpha value is -2.98. The molecule has 3 fully saturated rings. The molecule has 16 heteroatoms. The van der Waals surface area contributed by atoms with Gasteiger partial charge in [-0.3, -0.25) is 14.7 Å². The van der Waals surface area contributed by atoms with E-state index in [-0.39, 0.29) is 18.1 Å². The first-order chi connectivity index (χ1) is 17.7. The lowest BCUT2D eigenvalue weighted by molar-refractivity contribution is -0.193. The number of nitrogens with zero attached hydrogens (tertiary/aromatic N) is 3. The van der Waals surface area contributed by atoms with Gasteiger partial charge in [0.25, 0.3) is 5.91 Å². The lowest BCUT2D eigenvalue weighted by Crippen LogP contribution is -2.51. The van der Waals surface area contributed by atoms with Crippen molar-refractivity contribution < 1.29 is 60.4 Å². The van der Waals surface area contributed by atoms with Crippen molar-refractivity contribution in [1.29, 1.82) is 0 Å². The second-order valence-electron chi connectivity index (χ2n) is 8.47. The van der Waals surface area contributed by atoms with E-state index in [0.717, 1.165) is 32.4 Å². The number of carboxylic acids is 2. The zero-order chi connectivity index (χ0) is 28.5. The SMILES string of the molecule is O=C(O)C(F)(F)F.O=C(O)C(F)(F)F.O=C([C@H]1CC[C@@H]2[C@@H](CCN2Cc2ccncc2)O1)N1CCOCC1. The van der Waals surface area contributed by atoms with Crippen LogP contribution in [0.15, 0.2) is 24.5 Å². The molecule has 38 heavy (non-hydrogen) atoms. The molecule has 0 radical (unpaired) electrons. The molecule has 0 saturated carbocycles. The Morgan fingerprint density at radius 3 is 1.92 bits per heavy atom.